The van der Waals surface area contributed by atoms with Gasteiger partial charge in [0.1, 0.15) is 0 Å². The van der Waals surface area contributed by atoms with Crippen molar-refractivity contribution in [1.29, 1.82) is 0 Å². The predicted octanol–water partition coefficient (Wildman–Crippen LogP) is 8.12. The number of carbonyl (C=O) groups is 2. The molecule has 0 radical (unpaired) electrons. The van der Waals surface area contributed by atoms with Gasteiger partial charge in [0.25, 0.3) is 0 Å². The zero-order valence-electron chi connectivity index (χ0n) is 22.5. The molecule has 194 valence electrons. The molecule has 0 N–H and O–H groups in total. The van der Waals surface area contributed by atoms with E-state index in [4.69, 9.17) is 9.47 Å². The van der Waals surface area contributed by atoms with E-state index in [1.165, 1.54) is 51.4 Å². The first-order chi connectivity index (χ1) is 15.8. The molecule has 4 heteroatoms. The van der Waals surface area contributed by atoms with Crippen molar-refractivity contribution in [3.8, 4) is 0 Å². The van der Waals surface area contributed by atoms with Gasteiger partial charge in [-0.25, -0.2) is 0 Å². The van der Waals surface area contributed by atoms with Gasteiger partial charge in [0.15, 0.2) is 0 Å². The Balaban J connectivity index is 2.26. The summed E-state index contributed by atoms with van der Waals surface area (Å²) in [4.78, 5) is 25.6. The van der Waals surface area contributed by atoms with Crippen molar-refractivity contribution < 1.29 is 19.1 Å². The molecule has 3 unspecified atom stereocenters. The third-order valence-electron chi connectivity index (χ3n) is 7.14. The summed E-state index contributed by atoms with van der Waals surface area (Å²) in [6.07, 6.45) is 16.9. The number of carbonyl (C=O) groups excluding carboxylic acids is 2. The van der Waals surface area contributed by atoms with Crippen LogP contribution in [0, 0.1) is 29.6 Å². The summed E-state index contributed by atoms with van der Waals surface area (Å²) >= 11 is 0. The second kappa shape index (κ2) is 18.3. The molecule has 0 spiro atoms. The third-order valence-corrected chi connectivity index (χ3v) is 7.14. The van der Waals surface area contributed by atoms with Crippen LogP contribution >= 0.6 is 0 Å². The zero-order valence-corrected chi connectivity index (χ0v) is 22.5. The van der Waals surface area contributed by atoms with E-state index in [9.17, 15) is 9.59 Å². The summed E-state index contributed by atoms with van der Waals surface area (Å²) in [6, 6.07) is 0. The second-order valence-electron chi connectivity index (χ2n) is 11.3. The molecule has 4 nitrogen and oxygen atoms in total. The minimum absolute atomic E-state index is 0.181. The van der Waals surface area contributed by atoms with Crippen LogP contribution in [0.2, 0.25) is 0 Å². The van der Waals surface area contributed by atoms with Gasteiger partial charge < -0.3 is 9.47 Å². The molecule has 0 aromatic rings. The van der Waals surface area contributed by atoms with Crippen LogP contribution in [-0.2, 0) is 19.1 Å². The van der Waals surface area contributed by atoms with Gasteiger partial charge >= 0.3 is 11.9 Å². The Labute approximate surface area is 205 Å². The monoisotopic (exact) mass is 466 g/mol. The Morgan fingerprint density at radius 1 is 0.667 bits per heavy atom. The maximum atomic E-state index is 12.8. The fourth-order valence-electron chi connectivity index (χ4n) is 5.00. The van der Waals surface area contributed by atoms with E-state index in [0.717, 1.165) is 56.8 Å². The summed E-state index contributed by atoms with van der Waals surface area (Å²) in [5, 5.41) is 0. The number of ether oxygens (including phenoxy) is 2. The largest absolute Gasteiger partial charge is 0.465 e. The van der Waals surface area contributed by atoms with Crippen LogP contribution in [-0.4, -0.2) is 25.2 Å². The molecule has 0 amide bonds. The average Bonchev–Trinajstić information content (AvgIpc) is 2.76. The van der Waals surface area contributed by atoms with Crippen LogP contribution in [0.5, 0.6) is 0 Å². The summed E-state index contributed by atoms with van der Waals surface area (Å²) in [5.41, 5.74) is 0. The molecule has 3 atom stereocenters. The molecule has 0 aromatic heterocycles. The number of esters is 2. The van der Waals surface area contributed by atoms with Gasteiger partial charge in [0, 0.05) is 0 Å². The van der Waals surface area contributed by atoms with Gasteiger partial charge in [-0.1, -0.05) is 105 Å². The van der Waals surface area contributed by atoms with Crippen molar-refractivity contribution >= 4 is 11.9 Å². The lowest BCUT2D eigenvalue weighted by Gasteiger charge is -2.33. The third kappa shape index (κ3) is 14.1. The van der Waals surface area contributed by atoms with Crippen molar-refractivity contribution in [2.75, 3.05) is 13.2 Å². The van der Waals surface area contributed by atoms with Gasteiger partial charge in [-0.15, -0.1) is 0 Å². The van der Waals surface area contributed by atoms with Crippen molar-refractivity contribution in [3.63, 3.8) is 0 Å². The summed E-state index contributed by atoms with van der Waals surface area (Å²) in [5.74, 6) is 0.700. The zero-order chi connectivity index (χ0) is 24.5. The van der Waals surface area contributed by atoms with Gasteiger partial charge in [-0.05, 0) is 43.4 Å². The van der Waals surface area contributed by atoms with Crippen LogP contribution in [0.25, 0.3) is 0 Å². The minimum Gasteiger partial charge on any atom is -0.465 e. The molecular formula is C29H54O4. The van der Waals surface area contributed by atoms with Crippen LogP contribution < -0.4 is 0 Å². The van der Waals surface area contributed by atoms with Gasteiger partial charge in [0.2, 0.25) is 0 Å². The van der Waals surface area contributed by atoms with Crippen LogP contribution in [0.4, 0.5) is 0 Å². The van der Waals surface area contributed by atoms with Gasteiger partial charge in [-0.3, -0.25) is 9.59 Å². The highest BCUT2D eigenvalue weighted by molar-refractivity contribution is 5.82. The van der Waals surface area contributed by atoms with Gasteiger partial charge in [0.05, 0.1) is 25.0 Å². The highest BCUT2D eigenvalue weighted by Gasteiger charge is 2.41. The molecule has 1 aliphatic carbocycles. The molecule has 33 heavy (non-hydrogen) atoms. The van der Waals surface area contributed by atoms with E-state index in [-0.39, 0.29) is 29.7 Å². The maximum Gasteiger partial charge on any atom is 0.310 e. The molecule has 1 saturated carbocycles. The average molecular weight is 467 g/mol. The molecule has 1 aliphatic rings. The van der Waals surface area contributed by atoms with E-state index in [1.54, 1.807) is 0 Å². The van der Waals surface area contributed by atoms with E-state index in [1.807, 2.05) is 0 Å². The Morgan fingerprint density at radius 2 is 1.12 bits per heavy atom. The van der Waals surface area contributed by atoms with Gasteiger partial charge in [-0.2, -0.15) is 0 Å². The first kappa shape index (κ1) is 30.0. The van der Waals surface area contributed by atoms with Crippen molar-refractivity contribution in [2.45, 2.75) is 131 Å². The standard InChI is InChI=1S/C29H54O4/c1-23(2)17-12-8-6-10-14-21-32-28(30)26-20-16-19-25(5)27(26)29(31)33-22-15-11-7-9-13-18-24(3)4/h23-27H,6-22H2,1-5H3. The van der Waals surface area contributed by atoms with Crippen molar-refractivity contribution in [3.05, 3.63) is 0 Å². The lowest BCUT2D eigenvalue weighted by atomic mass is 9.73. The maximum absolute atomic E-state index is 12.8. The first-order valence-electron chi connectivity index (χ1n) is 14.2. The molecule has 1 fully saturated rings. The lowest BCUT2D eigenvalue weighted by Crippen LogP contribution is -2.39. The summed E-state index contributed by atoms with van der Waals surface area (Å²) in [7, 11) is 0. The Hall–Kier alpha value is -1.06. The number of unbranched alkanes of at least 4 members (excludes halogenated alkanes) is 8. The Kier molecular flexibility index (Phi) is 16.6. The van der Waals surface area contributed by atoms with Crippen molar-refractivity contribution in [1.82, 2.24) is 0 Å². The summed E-state index contributed by atoms with van der Waals surface area (Å²) in [6.45, 7) is 12.1. The van der Waals surface area contributed by atoms with E-state index in [0.29, 0.717) is 13.2 Å². The highest BCUT2D eigenvalue weighted by Crippen LogP contribution is 2.36. The molecular weight excluding hydrogens is 412 g/mol. The molecule has 0 heterocycles. The minimum atomic E-state index is -0.340. The quantitative estimate of drug-likeness (QED) is 0.151. The molecule has 0 aliphatic heterocycles. The first-order valence-corrected chi connectivity index (χ1v) is 14.2. The second-order valence-corrected chi connectivity index (χ2v) is 11.3. The SMILES string of the molecule is CC(C)CCCCCCCOC(=O)C1CCCC(C)C1C(=O)OCCCCCCCC(C)C. The Morgan fingerprint density at radius 3 is 1.64 bits per heavy atom. The normalized spacial score (nSPS) is 20.9. The highest BCUT2D eigenvalue weighted by atomic mass is 16.5. The van der Waals surface area contributed by atoms with Crippen LogP contribution in [0.3, 0.4) is 0 Å². The van der Waals surface area contributed by atoms with E-state index < -0.39 is 0 Å². The molecule has 0 aromatic carbocycles. The lowest BCUT2D eigenvalue weighted by molar-refractivity contribution is -0.165. The smallest absolute Gasteiger partial charge is 0.310 e. The fraction of sp³-hybridized carbons (Fsp3) is 0.931. The number of hydrogen-bond donors (Lipinski definition) is 0. The number of hydrogen-bond acceptors (Lipinski definition) is 4. The molecule has 0 bridgehead atoms. The summed E-state index contributed by atoms with van der Waals surface area (Å²) < 4.78 is 11.2. The topological polar surface area (TPSA) is 52.6 Å². The van der Waals surface area contributed by atoms with E-state index >= 15 is 0 Å². The number of rotatable bonds is 18. The fourth-order valence-corrected chi connectivity index (χ4v) is 5.00. The molecule has 1 rings (SSSR count). The van der Waals surface area contributed by atoms with Crippen molar-refractivity contribution in [2.24, 2.45) is 29.6 Å². The van der Waals surface area contributed by atoms with E-state index in [2.05, 4.69) is 34.6 Å². The predicted molar refractivity (Wildman–Crippen MR) is 137 cm³/mol. The van der Waals surface area contributed by atoms with Crippen LogP contribution in [0.1, 0.15) is 131 Å². The Bertz CT molecular complexity index is 514. The van der Waals surface area contributed by atoms with Crippen LogP contribution in [0.15, 0.2) is 0 Å². The molecule has 0 saturated heterocycles.